The van der Waals surface area contributed by atoms with Gasteiger partial charge in [0.2, 0.25) is 5.76 Å². The first-order valence-electron chi connectivity index (χ1n) is 8.47. The van der Waals surface area contributed by atoms with Gasteiger partial charge in [0.25, 0.3) is 0 Å². The molecule has 2 aromatic carbocycles. The van der Waals surface area contributed by atoms with Crippen LogP contribution in [0.4, 0.5) is 18.9 Å². The van der Waals surface area contributed by atoms with Crippen molar-refractivity contribution in [3.05, 3.63) is 64.9 Å². The van der Waals surface area contributed by atoms with Gasteiger partial charge in [0, 0.05) is 17.6 Å². The van der Waals surface area contributed by atoms with Gasteiger partial charge in [0.1, 0.15) is 5.58 Å². The van der Waals surface area contributed by atoms with E-state index in [0.29, 0.717) is 29.5 Å². The van der Waals surface area contributed by atoms with E-state index >= 15 is 0 Å². The van der Waals surface area contributed by atoms with Crippen LogP contribution in [-0.4, -0.2) is 11.1 Å². The number of aromatic carboxylic acids is 1. The molecule has 1 aromatic heterocycles. The SMILES string of the molecule is CCCc1ccc(NCc2ccc3cc(C(=O)O)oc3c2)cc1C(F)(F)F. The average molecular weight is 377 g/mol. The third-order valence-corrected chi connectivity index (χ3v) is 4.23. The van der Waals surface area contributed by atoms with E-state index in [9.17, 15) is 18.0 Å². The van der Waals surface area contributed by atoms with Gasteiger partial charge in [0.05, 0.1) is 5.56 Å². The van der Waals surface area contributed by atoms with Crippen molar-refractivity contribution in [3.63, 3.8) is 0 Å². The number of rotatable bonds is 6. The molecule has 1 heterocycles. The van der Waals surface area contributed by atoms with Gasteiger partial charge in [-0.3, -0.25) is 0 Å². The smallest absolute Gasteiger partial charge is 0.416 e. The lowest BCUT2D eigenvalue weighted by atomic mass is 10.0. The van der Waals surface area contributed by atoms with Crippen molar-refractivity contribution in [2.45, 2.75) is 32.5 Å². The van der Waals surface area contributed by atoms with E-state index in [1.807, 2.05) is 6.92 Å². The number of carbonyl (C=O) groups is 1. The van der Waals surface area contributed by atoms with E-state index in [1.165, 1.54) is 12.1 Å². The maximum absolute atomic E-state index is 13.3. The fourth-order valence-corrected chi connectivity index (χ4v) is 2.93. The highest BCUT2D eigenvalue weighted by Crippen LogP contribution is 2.34. The highest BCUT2D eigenvalue weighted by Gasteiger charge is 2.33. The number of furan rings is 1. The molecular weight excluding hydrogens is 359 g/mol. The van der Waals surface area contributed by atoms with Gasteiger partial charge in [-0.2, -0.15) is 13.2 Å². The molecule has 2 N–H and O–H groups in total. The summed E-state index contributed by atoms with van der Waals surface area (Å²) in [5, 5.41) is 12.6. The first-order chi connectivity index (χ1) is 12.8. The van der Waals surface area contributed by atoms with Crippen LogP contribution in [0, 0.1) is 0 Å². The number of halogens is 3. The fraction of sp³-hybridized carbons (Fsp3) is 0.250. The standard InChI is InChI=1S/C20H18F3NO3/c1-2-3-13-6-7-15(10-16(13)20(21,22)23)24-11-12-4-5-14-9-18(19(25)26)27-17(14)8-12/h4-10,24H,2-3,11H2,1H3,(H,25,26). The number of benzene rings is 2. The van der Waals surface area contributed by atoms with Gasteiger partial charge < -0.3 is 14.8 Å². The van der Waals surface area contributed by atoms with Crippen LogP contribution < -0.4 is 5.32 Å². The molecule has 7 heteroatoms. The summed E-state index contributed by atoms with van der Waals surface area (Å²) in [5.41, 5.74) is 1.21. The summed E-state index contributed by atoms with van der Waals surface area (Å²) >= 11 is 0. The summed E-state index contributed by atoms with van der Waals surface area (Å²) in [4.78, 5) is 11.0. The molecule has 27 heavy (non-hydrogen) atoms. The third-order valence-electron chi connectivity index (χ3n) is 4.23. The van der Waals surface area contributed by atoms with Crippen molar-refractivity contribution < 1.29 is 27.5 Å². The molecule has 4 nitrogen and oxygen atoms in total. The molecule has 0 aliphatic carbocycles. The van der Waals surface area contributed by atoms with E-state index in [1.54, 1.807) is 24.3 Å². The predicted octanol–water partition coefficient (Wildman–Crippen LogP) is 5.71. The Kier molecular flexibility index (Phi) is 5.12. The van der Waals surface area contributed by atoms with Gasteiger partial charge in [-0.1, -0.05) is 31.5 Å². The predicted molar refractivity (Wildman–Crippen MR) is 95.9 cm³/mol. The number of fused-ring (bicyclic) bond motifs is 1. The van der Waals surface area contributed by atoms with Crippen molar-refractivity contribution in [3.8, 4) is 0 Å². The molecule has 0 spiro atoms. The Morgan fingerprint density at radius 2 is 1.93 bits per heavy atom. The molecule has 3 aromatic rings. The molecule has 0 saturated heterocycles. The Balaban J connectivity index is 1.80. The third kappa shape index (κ3) is 4.24. The first kappa shape index (κ1) is 18.8. The molecule has 3 rings (SSSR count). The average Bonchev–Trinajstić information content (AvgIpc) is 3.04. The topological polar surface area (TPSA) is 62.5 Å². The zero-order valence-electron chi connectivity index (χ0n) is 14.6. The Morgan fingerprint density at radius 3 is 2.59 bits per heavy atom. The Labute approximate surface area is 153 Å². The maximum Gasteiger partial charge on any atom is 0.416 e. The monoisotopic (exact) mass is 377 g/mol. The molecule has 142 valence electrons. The van der Waals surface area contributed by atoms with Crippen LogP contribution in [-0.2, 0) is 19.1 Å². The minimum atomic E-state index is -4.40. The van der Waals surface area contributed by atoms with Gasteiger partial charge >= 0.3 is 12.1 Å². The number of anilines is 1. The molecule has 0 radical (unpaired) electrons. The number of aryl methyl sites for hydroxylation is 1. The summed E-state index contributed by atoms with van der Waals surface area (Å²) < 4.78 is 45.1. The van der Waals surface area contributed by atoms with Crippen molar-refractivity contribution in [2.75, 3.05) is 5.32 Å². The summed E-state index contributed by atoms with van der Waals surface area (Å²) in [7, 11) is 0. The number of nitrogens with one attached hydrogen (secondary N) is 1. The molecule has 0 atom stereocenters. The van der Waals surface area contributed by atoms with Crippen LogP contribution in [0.2, 0.25) is 0 Å². The lowest BCUT2D eigenvalue weighted by Crippen LogP contribution is -2.10. The fourth-order valence-electron chi connectivity index (χ4n) is 2.93. The molecule has 0 fully saturated rings. The molecule has 0 unspecified atom stereocenters. The number of hydrogen-bond acceptors (Lipinski definition) is 3. The van der Waals surface area contributed by atoms with Crippen LogP contribution >= 0.6 is 0 Å². The minimum Gasteiger partial charge on any atom is -0.475 e. The second kappa shape index (κ2) is 7.34. The van der Waals surface area contributed by atoms with Gasteiger partial charge in [0.15, 0.2) is 0 Å². The van der Waals surface area contributed by atoms with Gasteiger partial charge in [-0.05, 0) is 41.8 Å². The van der Waals surface area contributed by atoms with Crippen LogP contribution in [0.25, 0.3) is 11.0 Å². The lowest BCUT2D eigenvalue weighted by Gasteiger charge is -2.15. The van der Waals surface area contributed by atoms with Crippen molar-refractivity contribution >= 4 is 22.6 Å². The second-order valence-corrected chi connectivity index (χ2v) is 6.26. The van der Waals surface area contributed by atoms with Gasteiger partial charge in [-0.25, -0.2) is 4.79 Å². The summed E-state index contributed by atoms with van der Waals surface area (Å²) in [6, 6.07) is 10.8. The Hall–Kier alpha value is -2.96. The molecule has 0 aliphatic heterocycles. The minimum absolute atomic E-state index is 0.156. The zero-order chi connectivity index (χ0) is 19.6. The second-order valence-electron chi connectivity index (χ2n) is 6.26. The molecule has 0 aliphatic rings. The quantitative estimate of drug-likeness (QED) is 0.577. The zero-order valence-corrected chi connectivity index (χ0v) is 14.6. The van der Waals surface area contributed by atoms with Crippen molar-refractivity contribution in [1.29, 1.82) is 0 Å². The summed E-state index contributed by atoms with van der Waals surface area (Å²) in [6.45, 7) is 2.12. The molecular formula is C20H18F3NO3. The normalized spacial score (nSPS) is 11.7. The highest BCUT2D eigenvalue weighted by molar-refractivity contribution is 5.91. The number of carboxylic acids is 1. The first-order valence-corrected chi connectivity index (χ1v) is 8.47. The van der Waals surface area contributed by atoms with Crippen LogP contribution in [0.15, 0.2) is 46.9 Å². The van der Waals surface area contributed by atoms with Crippen molar-refractivity contribution in [1.82, 2.24) is 0 Å². The van der Waals surface area contributed by atoms with Crippen LogP contribution in [0.3, 0.4) is 0 Å². The van der Waals surface area contributed by atoms with E-state index in [-0.39, 0.29) is 17.9 Å². The highest BCUT2D eigenvalue weighted by atomic mass is 19.4. The van der Waals surface area contributed by atoms with Crippen LogP contribution in [0.5, 0.6) is 0 Å². The Bertz CT molecular complexity index is 976. The molecule has 0 amide bonds. The number of alkyl halides is 3. The van der Waals surface area contributed by atoms with Gasteiger partial charge in [-0.15, -0.1) is 0 Å². The number of carboxylic acid groups (broad SMARTS) is 1. The van der Waals surface area contributed by atoms with E-state index in [4.69, 9.17) is 9.52 Å². The number of hydrogen-bond donors (Lipinski definition) is 2. The summed E-state index contributed by atoms with van der Waals surface area (Å²) in [6.07, 6.45) is -3.39. The Morgan fingerprint density at radius 1 is 1.15 bits per heavy atom. The molecule has 0 bridgehead atoms. The van der Waals surface area contributed by atoms with Crippen LogP contribution in [0.1, 0.15) is 40.6 Å². The summed E-state index contributed by atoms with van der Waals surface area (Å²) in [5.74, 6) is -1.31. The van der Waals surface area contributed by atoms with E-state index < -0.39 is 17.7 Å². The van der Waals surface area contributed by atoms with E-state index in [2.05, 4.69) is 5.32 Å². The molecule has 0 saturated carbocycles. The van der Waals surface area contributed by atoms with E-state index in [0.717, 1.165) is 11.6 Å². The lowest BCUT2D eigenvalue weighted by molar-refractivity contribution is -0.138. The van der Waals surface area contributed by atoms with Crippen molar-refractivity contribution in [2.24, 2.45) is 0 Å². The largest absolute Gasteiger partial charge is 0.475 e. The maximum atomic E-state index is 13.3.